The predicted molar refractivity (Wildman–Crippen MR) is 65.1 cm³/mol. The van der Waals surface area contributed by atoms with Crippen LogP contribution in [0.1, 0.15) is 24.2 Å². The molecule has 0 aliphatic rings. The van der Waals surface area contributed by atoms with Crippen LogP contribution in [-0.2, 0) is 0 Å². The van der Waals surface area contributed by atoms with Gasteiger partial charge in [-0.3, -0.25) is 4.79 Å². The van der Waals surface area contributed by atoms with Crippen LogP contribution in [0.2, 0.25) is 0 Å². The Bertz CT molecular complexity index is 361. The summed E-state index contributed by atoms with van der Waals surface area (Å²) in [4.78, 5) is 13.4. The van der Waals surface area contributed by atoms with E-state index in [1.165, 1.54) is 0 Å². The molecular weight excluding hydrogens is 202 g/mol. The van der Waals surface area contributed by atoms with E-state index in [-0.39, 0.29) is 11.9 Å². The van der Waals surface area contributed by atoms with Gasteiger partial charge in [0.25, 0.3) is 0 Å². The Morgan fingerprint density at radius 3 is 2.56 bits per heavy atom. The van der Waals surface area contributed by atoms with Gasteiger partial charge in [0, 0.05) is 6.54 Å². The molecule has 0 aliphatic carbocycles. The molecule has 0 amide bonds. The summed E-state index contributed by atoms with van der Waals surface area (Å²) >= 11 is 0. The molecule has 3 nitrogen and oxygen atoms in total. The normalized spacial score (nSPS) is 12.6. The monoisotopic (exact) mass is 221 g/mol. The molecule has 1 rings (SSSR count). The van der Waals surface area contributed by atoms with Crippen LogP contribution in [0.25, 0.3) is 0 Å². The Labute approximate surface area is 97.0 Å². The van der Waals surface area contributed by atoms with Crippen LogP contribution >= 0.6 is 0 Å². The Morgan fingerprint density at radius 1 is 1.38 bits per heavy atom. The zero-order valence-corrected chi connectivity index (χ0v) is 10.4. The number of hydrogen-bond acceptors (Lipinski definition) is 3. The Morgan fingerprint density at radius 2 is 2.00 bits per heavy atom. The second kappa shape index (κ2) is 5.66. The summed E-state index contributed by atoms with van der Waals surface area (Å²) in [7, 11) is 3.99. The molecule has 88 valence electrons. The van der Waals surface area contributed by atoms with Gasteiger partial charge in [-0.1, -0.05) is 12.1 Å². The van der Waals surface area contributed by atoms with Crippen molar-refractivity contribution in [3.63, 3.8) is 0 Å². The highest BCUT2D eigenvalue weighted by atomic mass is 16.5. The minimum absolute atomic E-state index is 0.0349. The zero-order chi connectivity index (χ0) is 12.1. The first-order valence-electron chi connectivity index (χ1n) is 5.42. The average molecular weight is 221 g/mol. The summed E-state index contributed by atoms with van der Waals surface area (Å²) in [5.41, 5.74) is 0.646. The first kappa shape index (κ1) is 12.7. The number of nitrogens with zero attached hydrogens (tertiary/aromatic N) is 1. The van der Waals surface area contributed by atoms with E-state index in [4.69, 9.17) is 4.74 Å². The first-order chi connectivity index (χ1) is 7.50. The Hall–Kier alpha value is -1.35. The van der Waals surface area contributed by atoms with Crippen LogP contribution in [0.3, 0.4) is 0 Å². The van der Waals surface area contributed by atoms with Crippen LogP contribution in [0.15, 0.2) is 24.3 Å². The smallest absolute Gasteiger partial charge is 0.163 e. The van der Waals surface area contributed by atoms with E-state index in [2.05, 4.69) is 4.90 Å². The summed E-state index contributed by atoms with van der Waals surface area (Å²) in [5, 5.41) is 0. The van der Waals surface area contributed by atoms with Crippen molar-refractivity contribution in [2.24, 2.45) is 0 Å². The average Bonchev–Trinajstić information content (AvgIpc) is 2.16. The molecule has 16 heavy (non-hydrogen) atoms. The zero-order valence-electron chi connectivity index (χ0n) is 10.4. The molecule has 1 aromatic rings. The third-order valence-corrected chi connectivity index (χ3v) is 2.22. The van der Waals surface area contributed by atoms with Gasteiger partial charge < -0.3 is 9.64 Å². The van der Waals surface area contributed by atoms with E-state index in [0.29, 0.717) is 11.3 Å². The van der Waals surface area contributed by atoms with Gasteiger partial charge >= 0.3 is 0 Å². The summed E-state index contributed by atoms with van der Waals surface area (Å²) in [5.74, 6) is 0.706. The lowest BCUT2D eigenvalue weighted by atomic mass is 10.1. The molecular formula is C13H19NO2. The highest BCUT2D eigenvalue weighted by Crippen LogP contribution is 2.19. The second-order valence-corrected chi connectivity index (χ2v) is 4.24. The van der Waals surface area contributed by atoms with E-state index in [1.807, 2.05) is 39.2 Å². The second-order valence-electron chi connectivity index (χ2n) is 4.24. The third-order valence-electron chi connectivity index (χ3n) is 2.22. The number of ether oxygens (including phenoxy) is 1. The van der Waals surface area contributed by atoms with Gasteiger partial charge in [-0.2, -0.15) is 0 Å². The van der Waals surface area contributed by atoms with Crippen molar-refractivity contribution in [2.45, 2.75) is 20.0 Å². The first-order valence-corrected chi connectivity index (χ1v) is 5.42. The Balaban J connectivity index is 2.76. The van der Waals surface area contributed by atoms with Gasteiger partial charge in [0.1, 0.15) is 11.9 Å². The standard InChI is InChI=1S/C13H19NO2/c1-10(9-14(3)4)16-13-8-6-5-7-12(13)11(2)15/h5-8,10H,9H2,1-4H3/t10-/m1/s1. The van der Waals surface area contributed by atoms with Crippen molar-refractivity contribution in [1.82, 2.24) is 4.90 Å². The number of hydrogen-bond donors (Lipinski definition) is 0. The van der Waals surface area contributed by atoms with Crippen molar-refractivity contribution in [2.75, 3.05) is 20.6 Å². The summed E-state index contributed by atoms with van der Waals surface area (Å²) in [6.45, 7) is 4.38. The fraction of sp³-hybridized carbons (Fsp3) is 0.462. The van der Waals surface area contributed by atoms with Crippen LogP contribution in [0.5, 0.6) is 5.75 Å². The van der Waals surface area contributed by atoms with Gasteiger partial charge in [0.2, 0.25) is 0 Å². The fourth-order valence-corrected chi connectivity index (χ4v) is 1.63. The van der Waals surface area contributed by atoms with Crippen molar-refractivity contribution in [3.8, 4) is 5.75 Å². The van der Waals surface area contributed by atoms with Crippen molar-refractivity contribution >= 4 is 5.78 Å². The fourth-order valence-electron chi connectivity index (χ4n) is 1.63. The number of carbonyl (C=O) groups is 1. The topological polar surface area (TPSA) is 29.5 Å². The number of ketones is 1. The van der Waals surface area contributed by atoms with Gasteiger partial charge in [0.05, 0.1) is 5.56 Å². The number of benzene rings is 1. The van der Waals surface area contributed by atoms with Crippen molar-refractivity contribution < 1.29 is 9.53 Å². The number of carbonyl (C=O) groups excluding carboxylic acids is 1. The Kier molecular flexibility index (Phi) is 4.50. The molecule has 3 heteroatoms. The highest BCUT2D eigenvalue weighted by molar-refractivity contribution is 5.96. The minimum Gasteiger partial charge on any atom is -0.489 e. The third kappa shape index (κ3) is 3.66. The molecule has 1 atom stereocenters. The maximum atomic E-state index is 11.4. The van der Waals surface area contributed by atoms with Crippen LogP contribution in [-0.4, -0.2) is 37.4 Å². The molecule has 0 fully saturated rings. The van der Waals surface area contributed by atoms with E-state index in [9.17, 15) is 4.79 Å². The van der Waals surface area contributed by atoms with Crippen LogP contribution < -0.4 is 4.74 Å². The summed E-state index contributed by atoms with van der Waals surface area (Å²) < 4.78 is 5.76. The molecule has 0 heterocycles. The molecule has 0 bridgehead atoms. The summed E-state index contributed by atoms with van der Waals surface area (Å²) in [6, 6.07) is 7.35. The van der Waals surface area contributed by atoms with Gasteiger partial charge in [-0.05, 0) is 40.1 Å². The largest absolute Gasteiger partial charge is 0.489 e. The van der Waals surface area contributed by atoms with Gasteiger partial charge in [0.15, 0.2) is 5.78 Å². The number of likely N-dealkylation sites (N-methyl/N-ethyl adjacent to an activating group) is 1. The summed E-state index contributed by atoms with van der Waals surface area (Å²) in [6.07, 6.45) is 0.0653. The van der Waals surface area contributed by atoms with E-state index in [1.54, 1.807) is 13.0 Å². The molecule has 0 saturated carbocycles. The lowest BCUT2D eigenvalue weighted by Gasteiger charge is -2.19. The predicted octanol–water partition coefficient (Wildman–Crippen LogP) is 2.22. The van der Waals surface area contributed by atoms with Crippen molar-refractivity contribution in [1.29, 1.82) is 0 Å². The SMILES string of the molecule is CC(=O)c1ccccc1O[C@H](C)CN(C)C. The van der Waals surface area contributed by atoms with E-state index in [0.717, 1.165) is 6.54 Å². The van der Waals surface area contributed by atoms with Gasteiger partial charge in [-0.15, -0.1) is 0 Å². The molecule has 0 radical (unpaired) electrons. The van der Waals surface area contributed by atoms with E-state index < -0.39 is 0 Å². The molecule has 0 unspecified atom stereocenters. The molecule has 0 saturated heterocycles. The minimum atomic E-state index is 0.0349. The number of Topliss-reactive ketones (excluding diaryl/α,β-unsaturated/α-hetero) is 1. The van der Waals surface area contributed by atoms with Gasteiger partial charge in [-0.25, -0.2) is 0 Å². The lowest BCUT2D eigenvalue weighted by molar-refractivity contribution is 0.100. The number of para-hydroxylation sites is 1. The lowest BCUT2D eigenvalue weighted by Crippen LogP contribution is -2.28. The maximum Gasteiger partial charge on any atom is 0.163 e. The number of rotatable bonds is 5. The van der Waals surface area contributed by atoms with E-state index >= 15 is 0 Å². The molecule has 1 aromatic carbocycles. The molecule has 0 aliphatic heterocycles. The quantitative estimate of drug-likeness (QED) is 0.714. The van der Waals surface area contributed by atoms with Crippen LogP contribution in [0, 0.1) is 0 Å². The maximum absolute atomic E-state index is 11.4. The van der Waals surface area contributed by atoms with Crippen molar-refractivity contribution in [3.05, 3.63) is 29.8 Å². The molecule has 0 spiro atoms. The van der Waals surface area contributed by atoms with Crippen LogP contribution in [0.4, 0.5) is 0 Å². The molecule has 0 N–H and O–H groups in total. The molecule has 0 aromatic heterocycles. The highest BCUT2D eigenvalue weighted by Gasteiger charge is 2.11.